The minimum Gasteiger partial charge on any atom is -0.496 e. The number of amides is 5. The van der Waals surface area contributed by atoms with Crippen LogP contribution >= 0.6 is 11.3 Å². The van der Waals surface area contributed by atoms with E-state index in [2.05, 4.69) is 15.4 Å². The Balaban J connectivity index is 1.15. The molecule has 2 saturated carbocycles. The van der Waals surface area contributed by atoms with Crippen LogP contribution in [0, 0.1) is 12.8 Å². The second-order valence-corrected chi connectivity index (χ2v) is 20.7. The largest absolute Gasteiger partial charge is 0.496 e. The van der Waals surface area contributed by atoms with Gasteiger partial charge in [-0.05, 0) is 63.5 Å². The van der Waals surface area contributed by atoms with Gasteiger partial charge in [-0.15, -0.1) is 11.3 Å². The Hall–Kier alpha value is -5.24. The van der Waals surface area contributed by atoms with Crippen LogP contribution in [0.5, 0.6) is 11.5 Å². The summed E-state index contributed by atoms with van der Waals surface area (Å²) in [5.41, 5.74) is 1.05. The first-order chi connectivity index (χ1) is 30.4. The van der Waals surface area contributed by atoms with Crippen molar-refractivity contribution < 1.29 is 50.6 Å². The van der Waals surface area contributed by atoms with E-state index in [9.17, 15) is 41.2 Å². The third kappa shape index (κ3) is 9.44. The lowest BCUT2D eigenvalue weighted by Crippen LogP contribution is -2.59. The van der Waals surface area contributed by atoms with Crippen LogP contribution in [0.1, 0.15) is 95.2 Å². The molecule has 344 valence electrons. The van der Waals surface area contributed by atoms with E-state index in [0.717, 1.165) is 16.2 Å². The molecular formula is C44H53F2N7O9S2. The molecule has 5 amide bonds. The van der Waals surface area contributed by atoms with Gasteiger partial charge in [0.05, 0.1) is 43.1 Å². The number of piperidine rings is 1. The summed E-state index contributed by atoms with van der Waals surface area (Å²) in [4.78, 5) is 82.4. The first-order valence-electron chi connectivity index (χ1n) is 21.8. The van der Waals surface area contributed by atoms with E-state index in [1.807, 2.05) is 26.2 Å². The lowest BCUT2D eigenvalue weighted by Gasteiger charge is -2.34. The maximum absolute atomic E-state index is 14.9. The predicted octanol–water partition coefficient (Wildman–Crippen LogP) is 4.50. The lowest BCUT2D eigenvalue weighted by atomic mass is 10.0. The van der Waals surface area contributed by atoms with Crippen molar-refractivity contribution in [2.75, 3.05) is 26.7 Å². The molecule has 5 aliphatic rings. The molecule has 0 unspecified atom stereocenters. The van der Waals surface area contributed by atoms with Gasteiger partial charge in [-0.2, -0.15) is 0 Å². The summed E-state index contributed by atoms with van der Waals surface area (Å²) in [5, 5.41) is 7.99. The van der Waals surface area contributed by atoms with Gasteiger partial charge in [-0.1, -0.05) is 26.0 Å². The highest BCUT2D eigenvalue weighted by molar-refractivity contribution is 7.91. The highest BCUT2D eigenvalue weighted by atomic mass is 32.2. The standard InChI is InChI=1S/C44H53F2N7O9S2/c1-24(2)32-22-63-40(49-32)30-18-35(29-13-14-34(61-4)25(3)38(29)48-30)62-27-17-33-39(56)50-44(42(58)51-64(59,60)28-11-12-28)20-26(44)9-6-5-7-10-36(54)47-31(41(57)53(33)21-27)19-37(55)52-16-8-15-43(45,46)23-52/h6,9,13-14,18,22,24,26-28,31,33H,5,7-8,10-12,15-17,19-21,23H2,1-4H3,(H,47,54)(H,50,56)(H,51,58)/t26-,27-,31+,33+,44-/m1/s1. The molecule has 20 heteroatoms. The number of pyridine rings is 1. The quantitative estimate of drug-likeness (QED) is 0.242. The van der Waals surface area contributed by atoms with Gasteiger partial charge in [0, 0.05) is 54.1 Å². The number of ether oxygens (including phenoxy) is 2. The summed E-state index contributed by atoms with van der Waals surface area (Å²) in [5.74, 6) is -6.38. The predicted molar refractivity (Wildman–Crippen MR) is 232 cm³/mol. The summed E-state index contributed by atoms with van der Waals surface area (Å²) < 4.78 is 69.4. The number of fused-ring (bicyclic) bond motifs is 3. The van der Waals surface area contributed by atoms with Gasteiger partial charge < -0.3 is 29.9 Å². The van der Waals surface area contributed by atoms with Gasteiger partial charge in [0.2, 0.25) is 33.7 Å². The third-order valence-corrected chi connectivity index (χ3v) is 15.4. The van der Waals surface area contributed by atoms with Crippen LogP contribution in [0.2, 0.25) is 0 Å². The molecule has 8 rings (SSSR count). The Morgan fingerprint density at radius 2 is 1.89 bits per heavy atom. The van der Waals surface area contributed by atoms with Crippen LogP contribution in [-0.2, 0) is 34.0 Å². The normalized spacial score (nSPS) is 26.3. The van der Waals surface area contributed by atoms with Crippen molar-refractivity contribution >= 4 is 61.8 Å². The first-order valence-corrected chi connectivity index (χ1v) is 24.2. The molecule has 2 saturated heterocycles. The highest BCUT2D eigenvalue weighted by Crippen LogP contribution is 2.46. The number of thiazole rings is 1. The molecule has 3 aliphatic heterocycles. The summed E-state index contributed by atoms with van der Waals surface area (Å²) in [7, 11) is -2.45. The Kier molecular flexibility index (Phi) is 12.5. The molecule has 64 heavy (non-hydrogen) atoms. The number of aromatic nitrogens is 2. The van der Waals surface area contributed by atoms with Crippen LogP contribution in [0.15, 0.2) is 35.7 Å². The Bertz CT molecular complexity index is 2510. The fraction of sp³-hybridized carbons (Fsp3) is 0.568. The molecule has 5 heterocycles. The number of rotatable bonds is 10. The number of hydrogen-bond donors (Lipinski definition) is 3. The number of methoxy groups -OCH3 is 1. The number of nitrogens with zero attached hydrogens (tertiary/aromatic N) is 4. The van der Waals surface area contributed by atoms with Gasteiger partial charge in [0.25, 0.3) is 11.8 Å². The minimum atomic E-state index is -4.00. The van der Waals surface area contributed by atoms with Gasteiger partial charge in [-0.3, -0.25) is 28.7 Å². The van der Waals surface area contributed by atoms with Crippen LogP contribution in [0.4, 0.5) is 8.78 Å². The lowest BCUT2D eigenvalue weighted by molar-refractivity contribution is -0.147. The van der Waals surface area contributed by atoms with Gasteiger partial charge >= 0.3 is 0 Å². The molecule has 2 aromatic heterocycles. The number of aryl methyl sites for hydroxylation is 1. The number of carbonyl (C=O) groups excluding carboxylic acids is 5. The SMILES string of the molecule is COc1ccc2c(O[C@@H]3C[C@H]4C(=O)N[C@]5(C(=O)NS(=O)(=O)C6CC6)C[C@H]5C=CCCCC(=O)N[C@@H](CC(=O)N5CCCC(F)(F)C5)C(=O)N4C3)cc(-c3nc(C(C)C)cs3)nc2c1C. The fourth-order valence-electron chi connectivity index (χ4n) is 8.79. The minimum absolute atomic E-state index is 0.0498. The van der Waals surface area contributed by atoms with Crippen molar-refractivity contribution in [3.63, 3.8) is 0 Å². The van der Waals surface area contributed by atoms with Crippen molar-refractivity contribution in [3.05, 3.63) is 47.0 Å². The van der Waals surface area contributed by atoms with Crippen molar-refractivity contribution in [1.29, 1.82) is 0 Å². The van der Waals surface area contributed by atoms with Crippen molar-refractivity contribution in [2.45, 2.75) is 126 Å². The van der Waals surface area contributed by atoms with E-state index < -0.39 is 93.3 Å². The van der Waals surface area contributed by atoms with Gasteiger partial charge in [0.1, 0.15) is 45.9 Å². The molecule has 5 atom stereocenters. The van der Waals surface area contributed by atoms with E-state index in [-0.39, 0.29) is 51.1 Å². The van der Waals surface area contributed by atoms with Crippen molar-refractivity contribution in [2.24, 2.45) is 5.92 Å². The van der Waals surface area contributed by atoms with E-state index in [4.69, 9.17) is 19.4 Å². The molecule has 4 fully saturated rings. The van der Waals surface area contributed by atoms with Crippen LogP contribution < -0.4 is 24.8 Å². The average molecular weight is 926 g/mol. The van der Waals surface area contributed by atoms with E-state index >= 15 is 0 Å². The molecule has 3 aromatic rings. The zero-order chi connectivity index (χ0) is 45.7. The Labute approximate surface area is 374 Å². The van der Waals surface area contributed by atoms with Gasteiger partial charge in [-0.25, -0.2) is 27.2 Å². The summed E-state index contributed by atoms with van der Waals surface area (Å²) in [6, 6.07) is 2.43. The maximum atomic E-state index is 14.9. The van der Waals surface area contributed by atoms with Gasteiger partial charge in [0.15, 0.2) is 0 Å². The monoisotopic (exact) mass is 925 g/mol. The number of nitrogens with one attached hydrogen (secondary N) is 3. The summed E-state index contributed by atoms with van der Waals surface area (Å²) in [6.45, 7) is 4.94. The topological polar surface area (TPSA) is 206 Å². The number of benzene rings is 1. The number of carbonyl (C=O) groups is 5. The zero-order valence-electron chi connectivity index (χ0n) is 36.2. The second kappa shape index (κ2) is 17.6. The Morgan fingerprint density at radius 1 is 1.11 bits per heavy atom. The van der Waals surface area contributed by atoms with E-state index in [0.29, 0.717) is 58.8 Å². The van der Waals surface area contributed by atoms with E-state index in [1.54, 1.807) is 37.5 Å². The maximum Gasteiger partial charge on any atom is 0.265 e. The molecule has 16 nitrogen and oxygen atoms in total. The Morgan fingerprint density at radius 3 is 2.59 bits per heavy atom. The average Bonchev–Trinajstić information content (AvgIpc) is 4.12. The number of halogens is 2. The zero-order valence-corrected chi connectivity index (χ0v) is 37.8. The smallest absolute Gasteiger partial charge is 0.265 e. The number of alkyl halides is 2. The van der Waals surface area contributed by atoms with Crippen molar-refractivity contribution in [3.8, 4) is 22.2 Å². The number of hydrogen-bond acceptors (Lipinski definition) is 12. The van der Waals surface area contributed by atoms with Crippen LogP contribution in [0.25, 0.3) is 21.6 Å². The molecule has 3 N–H and O–H groups in total. The first kappa shape index (κ1) is 45.3. The summed E-state index contributed by atoms with van der Waals surface area (Å²) in [6.07, 6.45) is 3.05. The third-order valence-electron chi connectivity index (χ3n) is 12.7. The van der Waals surface area contributed by atoms with Crippen LogP contribution in [0.3, 0.4) is 0 Å². The number of sulfonamides is 1. The molecular weight excluding hydrogens is 873 g/mol. The molecule has 0 bridgehead atoms. The molecule has 2 aliphatic carbocycles. The second-order valence-electron chi connectivity index (χ2n) is 17.9. The van der Waals surface area contributed by atoms with E-state index in [1.165, 1.54) is 16.2 Å². The fourth-order valence-corrected chi connectivity index (χ4v) is 11.1. The molecule has 0 spiro atoms. The highest BCUT2D eigenvalue weighted by Gasteiger charge is 2.62. The van der Waals surface area contributed by atoms with Crippen molar-refractivity contribution in [1.82, 2.24) is 35.1 Å². The summed E-state index contributed by atoms with van der Waals surface area (Å²) >= 11 is 1.42. The number of likely N-dealkylation sites (tertiary alicyclic amines) is 1. The molecule has 1 aromatic carbocycles. The van der Waals surface area contributed by atoms with Crippen LogP contribution in [-0.4, -0.2) is 119 Å². The molecule has 0 radical (unpaired) electrons. The number of allylic oxidation sites excluding steroid dienone is 1.